The Morgan fingerprint density at radius 2 is 1.84 bits per heavy atom. The summed E-state index contributed by atoms with van der Waals surface area (Å²) in [5.41, 5.74) is 3.78. The zero-order valence-corrected chi connectivity index (χ0v) is 18.0. The van der Waals surface area contributed by atoms with Crippen LogP contribution in [0.2, 0.25) is 0 Å². The molecule has 4 nitrogen and oxygen atoms in total. The van der Waals surface area contributed by atoms with Gasteiger partial charge in [-0.2, -0.15) is 11.8 Å². The maximum atomic E-state index is 4.32. The molecule has 0 aliphatic carbocycles. The van der Waals surface area contributed by atoms with Gasteiger partial charge < -0.3 is 10.6 Å². The molecular weight excluding hydrogens is 443 g/mol. The Morgan fingerprint density at radius 3 is 2.52 bits per heavy atom. The Bertz CT molecular complexity index is 617. The quantitative estimate of drug-likeness (QED) is 0.268. The molecule has 136 valence electrons. The van der Waals surface area contributed by atoms with E-state index >= 15 is 0 Å². The number of pyridine rings is 1. The van der Waals surface area contributed by atoms with Crippen LogP contribution in [0, 0.1) is 6.92 Å². The first-order valence-electron chi connectivity index (χ1n) is 8.25. The highest BCUT2D eigenvalue weighted by atomic mass is 127. The predicted molar refractivity (Wildman–Crippen MR) is 120 cm³/mol. The molecule has 0 aliphatic heterocycles. The summed E-state index contributed by atoms with van der Waals surface area (Å²) >= 11 is 1.93. The highest BCUT2D eigenvalue weighted by Crippen LogP contribution is 2.12. The van der Waals surface area contributed by atoms with Crippen molar-refractivity contribution in [3.8, 4) is 0 Å². The molecular formula is C19H27IN4S. The van der Waals surface area contributed by atoms with Gasteiger partial charge in [-0.1, -0.05) is 35.9 Å². The van der Waals surface area contributed by atoms with E-state index in [1.54, 1.807) is 7.05 Å². The van der Waals surface area contributed by atoms with Crippen LogP contribution in [0.25, 0.3) is 0 Å². The van der Waals surface area contributed by atoms with Crippen molar-refractivity contribution in [1.82, 2.24) is 15.6 Å². The van der Waals surface area contributed by atoms with Gasteiger partial charge in [0.2, 0.25) is 0 Å². The molecule has 2 N–H and O–H groups in total. The van der Waals surface area contributed by atoms with Crippen molar-refractivity contribution in [3.05, 3.63) is 65.5 Å². The second-order valence-corrected chi connectivity index (χ2v) is 6.64. The molecule has 0 saturated carbocycles. The minimum Gasteiger partial charge on any atom is -0.356 e. The average molecular weight is 470 g/mol. The van der Waals surface area contributed by atoms with Gasteiger partial charge in [0.25, 0.3) is 0 Å². The van der Waals surface area contributed by atoms with E-state index in [0.717, 1.165) is 42.7 Å². The normalized spacial score (nSPS) is 10.9. The van der Waals surface area contributed by atoms with Crippen molar-refractivity contribution in [2.75, 3.05) is 25.9 Å². The minimum absolute atomic E-state index is 0. The SMILES string of the molecule is CN=C(NCCSCc1ccc(C)cc1)NCCc1ccccn1.I. The molecule has 0 bridgehead atoms. The first kappa shape index (κ1) is 21.8. The van der Waals surface area contributed by atoms with Crippen LogP contribution >= 0.6 is 35.7 Å². The molecule has 25 heavy (non-hydrogen) atoms. The van der Waals surface area contributed by atoms with Crippen LogP contribution < -0.4 is 10.6 Å². The summed E-state index contributed by atoms with van der Waals surface area (Å²) in [5.74, 6) is 2.95. The van der Waals surface area contributed by atoms with Crippen molar-refractivity contribution < 1.29 is 0 Å². The largest absolute Gasteiger partial charge is 0.356 e. The topological polar surface area (TPSA) is 49.3 Å². The van der Waals surface area contributed by atoms with E-state index in [-0.39, 0.29) is 24.0 Å². The van der Waals surface area contributed by atoms with Gasteiger partial charge >= 0.3 is 0 Å². The highest BCUT2D eigenvalue weighted by molar-refractivity contribution is 14.0. The number of aryl methyl sites for hydroxylation is 1. The summed E-state index contributed by atoms with van der Waals surface area (Å²) in [6, 6.07) is 14.7. The van der Waals surface area contributed by atoms with Gasteiger partial charge in [-0.15, -0.1) is 24.0 Å². The highest BCUT2D eigenvalue weighted by Gasteiger charge is 1.99. The van der Waals surface area contributed by atoms with Gasteiger partial charge in [-0.05, 0) is 24.6 Å². The molecule has 1 heterocycles. The molecule has 2 aromatic rings. The summed E-state index contributed by atoms with van der Waals surface area (Å²) in [5, 5.41) is 6.67. The molecule has 0 radical (unpaired) electrons. The molecule has 0 atom stereocenters. The Kier molecular flexibility index (Phi) is 11.3. The number of nitrogens with one attached hydrogen (secondary N) is 2. The molecule has 0 fully saturated rings. The number of nitrogens with zero attached hydrogens (tertiary/aromatic N) is 2. The average Bonchev–Trinajstić information content (AvgIpc) is 2.62. The maximum absolute atomic E-state index is 4.32. The summed E-state index contributed by atoms with van der Waals surface area (Å²) in [4.78, 5) is 8.57. The molecule has 0 spiro atoms. The second kappa shape index (κ2) is 13.0. The van der Waals surface area contributed by atoms with Crippen LogP contribution in [0.3, 0.4) is 0 Å². The summed E-state index contributed by atoms with van der Waals surface area (Å²) < 4.78 is 0. The Hall–Kier alpha value is -1.28. The molecule has 0 unspecified atom stereocenters. The lowest BCUT2D eigenvalue weighted by Gasteiger charge is -2.11. The van der Waals surface area contributed by atoms with Crippen molar-refractivity contribution in [3.63, 3.8) is 0 Å². The fourth-order valence-corrected chi connectivity index (χ4v) is 3.01. The van der Waals surface area contributed by atoms with Crippen LogP contribution in [-0.4, -0.2) is 36.8 Å². The van der Waals surface area contributed by atoms with Crippen molar-refractivity contribution in [1.29, 1.82) is 0 Å². The predicted octanol–water partition coefficient (Wildman–Crippen LogP) is 3.65. The Balaban J connectivity index is 0.00000312. The number of aromatic nitrogens is 1. The van der Waals surface area contributed by atoms with E-state index in [4.69, 9.17) is 0 Å². The van der Waals surface area contributed by atoms with E-state index in [0.29, 0.717) is 0 Å². The number of hydrogen-bond acceptors (Lipinski definition) is 3. The smallest absolute Gasteiger partial charge is 0.191 e. The maximum Gasteiger partial charge on any atom is 0.191 e. The van der Waals surface area contributed by atoms with E-state index in [9.17, 15) is 0 Å². The van der Waals surface area contributed by atoms with E-state index in [1.807, 2.05) is 36.2 Å². The summed E-state index contributed by atoms with van der Waals surface area (Å²) in [7, 11) is 1.80. The van der Waals surface area contributed by atoms with Gasteiger partial charge in [0.05, 0.1) is 0 Å². The minimum atomic E-state index is 0. The lowest BCUT2D eigenvalue weighted by Crippen LogP contribution is -2.39. The monoisotopic (exact) mass is 470 g/mol. The molecule has 1 aromatic heterocycles. The van der Waals surface area contributed by atoms with Crippen LogP contribution in [0.15, 0.2) is 53.7 Å². The molecule has 0 amide bonds. The number of benzene rings is 1. The van der Waals surface area contributed by atoms with Gasteiger partial charge in [-0.3, -0.25) is 9.98 Å². The summed E-state index contributed by atoms with van der Waals surface area (Å²) in [6.45, 7) is 3.85. The number of guanidine groups is 1. The Morgan fingerprint density at radius 1 is 1.08 bits per heavy atom. The van der Waals surface area contributed by atoms with Crippen LogP contribution in [-0.2, 0) is 12.2 Å². The van der Waals surface area contributed by atoms with Gasteiger partial charge in [0, 0.05) is 50.0 Å². The van der Waals surface area contributed by atoms with Crippen molar-refractivity contribution in [2.45, 2.75) is 19.1 Å². The summed E-state index contributed by atoms with van der Waals surface area (Å²) in [6.07, 6.45) is 2.72. The number of halogens is 1. The fourth-order valence-electron chi connectivity index (χ4n) is 2.19. The molecule has 0 aliphatic rings. The van der Waals surface area contributed by atoms with Crippen molar-refractivity contribution in [2.24, 2.45) is 4.99 Å². The Labute approximate surface area is 172 Å². The second-order valence-electron chi connectivity index (χ2n) is 5.54. The van der Waals surface area contributed by atoms with Gasteiger partial charge in [0.15, 0.2) is 5.96 Å². The van der Waals surface area contributed by atoms with E-state index in [2.05, 4.69) is 51.8 Å². The van der Waals surface area contributed by atoms with Crippen LogP contribution in [0.5, 0.6) is 0 Å². The lowest BCUT2D eigenvalue weighted by molar-refractivity contribution is 0.798. The molecule has 6 heteroatoms. The number of thioether (sulfide) groups is 1. The first-order chi connectivity index (χ1) is 11.8. The van der Waals surface area contributed by atoms with Crippen LogP contribution in [0.4, 0.5) is 0 Å². The fraction of sp³-hybridized carbons (Fsp3) is 0.368. The van der Waals surface area contributed by atoms with Gasteiger partial charge in [0.1, 0.15) is 0 Å². The zero-order valence-electron chi connectivity index (χ0n) is 14.9. The number of hydrogen-bond donors (Lipinski definition) is 2. The van der Waals surface area contributed by atoms with Crippen LogP contribution in [0.1, 0.15) is 16.8 Å². The standard InChI is InChI=1S/C19H26N4S.HI/c1-16-6-8-17(9-7-16)15-24-14-13-23-19(20-2)22-12-10-18-5-3-4-11-21-18;/h3-9,11H,10,12-15H2,1-2H3,(H2,20,22,23);1H. The molecule has 2 rings (SSSR count). The first-order valence-corrected chi connectivity index (χ1v) is 9.41. The number of aliphatic imine (C=N–C) groups is 1. The lowest BCUT2D eigenvalue weighted by atomic mass is 10.2. The molecule has 1 aromatic carbocycles. The van der Waals surface area contributed by atoms with E-state index < -0.39 is 0 Å². The van der Waals surface area contributed by atoms with Gasteiger partial charge in [-0.25, -0.2) is 0 Å². The van der Waals surface area contributed by atoms with E-state index in [1.165, 1.54) is 11.1 Å². The molecule has 0 saturated heterocycles. The third kappa shape index (κ3) is 9.11. The van der Waals surface area contributed by atoms with Crippen molar-refractivity contribution >= 4 is 41.7 Å². The number of rotatable bonds is 8. The zero-order chi connectivity index (χ0) is 17.0. The third-order valence-corrected chi connectivity index (χ3v) is 4.58. The third-order valence-electron chi connectivity index (χ3n) is 3.55.